The van der Waals surface area contributed by atoms with Crippen LogP contribution in [0.15, 0.2) is 30.3 Å². The number of carbonyl (C=O) groups is 3. The summed E-state index contributed by atoms with van der Waals surface area (Å²) >= 11 is 0. The Labute approximate surface area is 169 Å². The average molecular weight is 413 g/mol. The number of nitrogens with one attached hydrogen (secondary N) is 2. The van der Waals surface area contributed by atoms with E-state index in [1.54, 1.807) is 0 Å². The van der Waals surface area contributed by atoms with E-state index in [1.165, 1.54) is 5.56 Å². The van der Waals surface area contributed by atoms with Crippen molar-refractivity contribution in [3.05, 3.63) is 35.9 Å². The van der Waals surface area contributed by atoms with Gasteiger partial charge in [-0.05, 0) is 31.7 Å². The molecule has 0 spiro atoms. The highest BCUT2D eigenvalue weighted by atomic mass is 16.4. The summed E-state index contributed by atoms with van der Waals surface area (Å²) in [6.07, 6.45) is 1.14. The van der Waals surface area contributed by atoms with Gasteiger partial charge in [0.15, 0.2) is 5.96 Å². The minimum absolute atomic E-state index is 0.112. The molecule has 11 nitrogen and oxygen atoms in total. The Morgan fingerprint density at radius 1 is 1.07 bits per heavy atom. The lowest BCUT2D eigenvalue weighted by Crippen LogP contribution is -2.34. The van der Waals surface area contributed by atoms with Gasteiger partial charge in [0.25, 0.3) is 0 Å². The monoisotopic (exact) mass is 413 g/mol. The van der Waals surface area contributed by atoms with Crippen LogP contribution in [-0.2, 0) is 20.8 Å². The van der Waals surface area contributed by atoms with E-state index in [-0.39, 0.29) is 12.0 Å². The number of rotatable bonds is 9. The molecule has 0 fully saturated rings. The molecule has 1 aromatic carbocycles. The lowest BCUT2D eigenvalue weighted by atomic mass is 10.1. The van der Waals surface area contributed by atoms with Crippen molar-refractivity contribution in [2.75, 3.05) is 6.54 Å². The van der Waals surface area contributed by atoms with Gasteiger partial charge in [0.1, 0.15) is 12.5 Å². The number of hydrogen-bond acceptors (Lipinski definition) is 6. The van der Waals surface area contributed by atoms with Gasteiger partial charge in [-0.1, -0.05) is 30.3 Å². The smallest absolute Gasteiger partial charge is 0.320 e. The first kappa shape index (κ1) is 28.0. The summed E-state index contributed by atoms with van der Waals surface area (Å²) in [5.74, 6) is -3.74. The average Bonchev–Trinajstić information content (AvgIpc) is 2.58. The van der Waals surface area contributed by atoms with E-state index >= 15 is 0 Å². The van der Waals surface area contributed by atoms with Crippen molar-refractivity contribution in [2.24, 2.45) is 17.2 Å². The van der Waals surface area contributed by atoms with Crippen LogP contribution < -0.4 is 22.5 Å². The molecule has 164 valence electrons. The second-order valence-corrected chi connectivity index (χ2v) is 6.06. The topological polar surface area (TPSA) is 226 Å². The lowest BCUT2D eigenvalue weighted by Gasteiger charge is -2.06. The maximum absolute atomic E-state index is 10.2. The molecule has 0 saturated heterocycles. The molecule has 0 bridgehead atoms. The number of carboxylic acid groups (broad SMARTS) is 3. The van der Waals surface area contributed by atoms with Crippen molar-refractivity contribution >= 4 is 23.9 Å². The van der Waals surface area contributed by atoms with E-state index in [0.717, 1.165) is 6.42 Å². The predicted molar refractivity (Wildman–Crippen MR) is 108 cm³/mol. The van der Waals surface area contributed by atoms with Gasteiger partial charge in [-0.2, -0.15) is 0 Å². The molecule has 0 aromatic heterocycles. The molecule has 0 aliphatic rings. The summed E-state index contributed by atoms with van der Waals surface area (Å²) in [4.78, 5) is 29.1. The second-order valence-electron chi connectivity index (χ2n) is 6.06. The summed E-state index contributed by atoms with van der Waals surface area (Å²) in [5, 5.41) is 33.1. The van der Waals surface area contributed by atoms with Crippen LogP contribution in [0.1, 0.15) is 31.7 Å². The third-order valence-corrected chi connectivity index (χ3v) is 3.03. The summed E-state index contributed by atoms with van der Waals surface area (Å²) in [6, 6.07) is 9.74. The number of hydrogen-bond donors (Lipinski definition) is 8. The van der Waals surface area contributed by atoms with Gasteiger partial charge in [-0.25, -0.2) is 0 Å². The molecule has 0 radical (unpaired) electrons. The molecule has 2 atom stereocenters. The van der Waals surface area contributed by atoms with Gasteiger partial charge in [0.05, 0.1) is 0 Å². The van der Waals surface area contributed by atoms with Gasteiger partial charge >= 0.3 is 17.9 Å². The molecular weight excluding hydrogens is 382 g/mol. The normalized spacial score (nSPS) is 11.4. The number of aliphatic carboxylic acids is 3. The number of nitrogens with two attached hydrogens (primary N) is 3. The lowest BCUT2D eigenvalue weighted by molar-refractivity contribution is -0.147. The van der Waals surface area contributed by atoms with Crippen LogP contribution in [0.4, 0.5) is 0 Å². The van der Waals surface area contributed by atoms with Gasteiger partial charge in [0, 0.05) is 12.6 Å². The van der Waals surface area contributed by atoms with Crippen LogP contribution in [0.2, 0.25) is 0 Å². The molecule has 1 rings (SSSR count). The Morgan fingerprint density at radius 2 is 1.59 bits per heavy atom. The van der Waals surface area contributed by atoms with Crippen molar-refractivity contribution in [1.29, 1.82) is 5.41 Å². The zero-order valence-corrected chi connectivity index (χ0v) is 16.4. The molecule has 1 aromatic rings. The molecule has 0 heterocycles. The van der Waals surface area contributed by atoms with Crippen LogP contribution in [0.3, 0.4) is 0 Å². The maximum Gasteiger partial charge on any atom is 0.320 e. The Kier molecular flexibility index (Phi) is 16.4. The molecular formula is C18H31N5O6. The van der Waals surface area contributed by atoms with Gasteiger partial charge in [-0.3, -0.25) is 19.8 Å². The van der Waals surface area contributed by atoms with E-state index in [2.05, 4.69) is 17.4 Å². The van der Waals surface area contributed by atoms with Crippen molar-refractivity contribution < 1.29 is 29.7 Å². The molecule has 0 amide bonds. The van der Waals surface area contributed by atoms with Crippen LogP contribution in [-0.4, -0.2) is 57.8 Å². The fourth-order valence-electron chi connectivity index (χ4n) is 1.78. The van der Waals surface area contributed by atoms with Crippen LogP contribution in [0.25, 0.3) is 0 Å². The largest absolute Gasteiger partial charge is 0.481 e. The Hall–Kier alpha value is -3.18. The quantitative estimate of drug-likeness (QED) is 0.115. The van der Waals surface area contributed by atoms with Gasteiger partial charge in [0.2, 0.25) is 0 Å². The number of carboxylic acids is 3. The van der Waals surface area contributed by atoms with E-state index in [1.807, 2.05) is 25.1 Å². The highest BCUT2D eigenvalue weighted by molar-refractivity contribution is 5.88. The molecule has 29 heavy (non-hydrogen) atoms. The highest BCUT2D eigenvalue weighted by Crippen LogP contribution is 2.00. The molecule has 0 aliphatic carbocycles. The number of benzene rings is 1. The maximum atomic E-state index is 10.2. The summed E-state index contributed by atoms with van der Waals surface area (Å²) < 4.78 is 0. The zero-order chi connectivity index (χ0) is 22.8. The first-order chi connectivity index (χ1) is 13.5. The summed E-state index contributed by atoms with van der Waals surface area (Å²) in [6.45, 7) is 2.50. The summed E-state index contributed by atoms with van der Waals surface area (Å²) in [5.41, 5.74) is 17.2. The SMILES string of the molecule is CC(N)Cc1ccccc1.N=C(N)NCCCC(N)C(=O)O.O=C(O)CC(=O)O. The van der Waals surface area contributed by atoms with E-state index in [0.29, 0.717) is 19.4 Å². The predicted octanol–water partition coefficient (Wildman–Crippen LogP) is -0.216. The molecule has 11 N–H and O–H groups in total. The minimum Gasteiger partial charge on any atom is -0.481 e. The van der Waals surface area contributed by atoms with E-state index in [4.69, 9.17) is 37.9 Å². The van der Waals surface area contributed by atoms with Crippen molar-refractivity contribution in [3.63, 3.8) is 0 Å². The standard InChI is InChI=1S/C9H13N.C6H14N4O2.C3H4O4/c1-8(10)7-9-5-3-2-4-6-9;7-4(5(11)12)2-1-3-10-6(8)9;4-2(5)1-3(6)7/h2-6,8H,7,10H2,1H3;4H,1-3,7H2,(H,11,12)(H4,8,9,10);1H2,(H,4,5)(H,6,7). The number of guanidine groups is 1. The Bertz CT molecular complexity index is 612. The fourth-order valence-corrected chi connectivity index (χ4v) is 1.78. The van der Waals surface area contributed by atoms with Gasteiger partial charge < -0.3 is 37.8 Å². The Morgan fingerprint density at radius 3 is 1.93 bits per heavy atom. The van der Waals surface area contributed by atoms with E-state index < -0.39 is 30.4 Å². The van der Waals surface area contributed by atoms with Crippen molar-refractivity contribution in [3.8, 4) is 0 Å². The van der Waals surface area contributed by atoms with Crippen LogP contribution in [0, 0.1) is 5.41 Å². The third-order valence-electron chi connectivity index (χ3n) is 3.03. The van der Waals surface area contributed by atoms with Crippen LogP contribution >= 0.6 is 0 Å². The second kappa shape index (κ2) is 17.0. The molecule has 0 aliphatic heterocycles. The highest BCUT2D eigenvalue weighted by Gasteiger charge is 2.09. The first-order valence-corrected chi connectivity index (χ1v) is 8.75. The van der Waals surface area contributed by atoms with Gasteiger partial charge in [-0.15, -0.1) is 0 Å². The first-order valence-electron chi connectivity index (χ1n) is 8.75. The van der Waals surface area contributed by atoms with E-state index in [9.17, 15) is 14.4 Å². The molecule has 2 unspecified atom stereocenters. The third kappa shape index (κ3) is 22.8. The fraction of sp³-hybridized carbons (Fsp3) is 0.444. The molecule has 0 saturated carbocycles. The minimum atomic E-state index is -1.31. The van der Waals surface area contributed by atoms with Crippen molar-refractivity contribution in [2.45, 2.75) is 44.7 Å². The Balaban J connectivity index is 0. The van der Waals surface area contributed by atoms with Crippen LogP contribution in [0.5, 0.6) is 0 Å². The van der Waals surface area contributed by atoms with Crippen molar-refractivity contribution in [1.82, 2.24) is 5.32 Å². The molecule has 11 heteroatoms. The summed E-state index contributed by atoms with van der Waals surface area (Å²) in [7, 11) is 0. The zero-order valence-electron chi connectivity index (χ0n) is 16.4.